The van der Waals surface area contributed by atoms with Crippen molar-refractivity contribution in [2.24, 2.45) is 5.10 Å². The number of ether oxygens (including phenoxy) is 1. The molecule has 0 unspecified atom stereocenters. The molecule has 1 aromatic rings. The van der Waals surface area contributed by atoms with Crippen LogP contribution in [0.3, 0.4) is 0 Å². The quantitative estimate of drug-likeness (QED) is 0.599. The maximum Gasteiger partial charge on any atom is 0.282 e. The molecule has 0 heterocycles. The lowest BCUT2D eigenvalue weighted by molar-refractivity contribution is -0.114. The fourth-order valence-corrected chi connectivity index (χ4v) is 1.28. The normalized spacial score (nSPS) is 10.5. The van der Waals surface area contributed by atoms with Crippen LogP contribution in [-0.4, -0.2) is 24.8 Å². The summed E-state index contributed by atoms with van der Waals surface area (Å²) in [7, 11) is 0. The molecule has 0 aliphatic heterocycles. The summed E-state index contributed by atoms with van der Waals surface area (Å²) in [5.41, 5.74) is 3.11. The van der Waals surface area contributed by atoms with Crippen molar-refractivity contribution in [2.45, 2.75) is 13.8 Å². The predicted octanol–water partition coefficient (Wildman–Crippen LogP) is 1.51. The molecule has 2 N–H and O–H groups in total. The summed E-state index contributed by atoms with van der Waals surface area (Å²) in [5, 5.41) is 15.1. The van der Waals surface area contributed by atoms with Crippen molar-refractivity contribution in [1.29, 1.82) is 5.26 Å². The van der Waals surface area contributed by atoms with Crippen molar-refractivity contribution < 1.29 is 9.53 Å². The molecular formula is C13H16N4O2. The van der Waals surface area contributed by atoms with Crippen molar-refractivity contribution >= 4 is 17.3 Å². The van der Waals surface area contributed by atoms with Gasteiger partial charge in [-0.25, -0.2) is 0 Å². The number of amides is 1. The van der Waals surface area contributed by atoms with Gasteiger partial charge in [0.15, 0.2) is 0 Å². The molecule has 0 fully saturated rings. The minimum Gasteiger partial charge on any atom is -0.494 e. The molecule has 100 valence electrons. The first-order chi connectivity index (χ1) is 9.21. The van der Waals surface area contributed by atoms with E-state index in [1.54, 1.807) is 37.3 Å². The van der Waals surface area contributed by atoms with Crippen LogP contribution in [0.5, 0.6) is 5.75 Å². The van der Waals surface area contributed by atoms with Crippen LogP contribution in [0.4, 0.5) is 5.69 Å². The van der Waals surface area contributed by atoms with E-state index in [1.165, 1.54) is 0 Å². The highest BCUT2D eigenvalue weighted by molar-refractivity contribution is 6.45. The monoisotopic (exact) mass is 260 g/mol. The zero-order valence-corrected chi connectivity index (χ0v) is 10.9. The van der Waals surface area contributed by atoms with E-state index in [9.17, 15) is 4.79 Å². The minimum absolute atomic E-state index is 0.212. The van der Waals surface area contributed by atoms with Crippen LogP contribution in [0.2, 0.25) is 0 Å². The van der Waals surface area contributed by atoms with Gasteiger partial charge >= 0.3 is 0 Å². The third-order valence-electron chi connectivity index (χ3n) is 2.12. The van der Waals surface area contributed by atoms with E-state index in [0.29, 0.717) is 18.8 Å². The molecule has 0 spiro atoms. The van der Waals surface area contributed by atoms with Gasteiger partial charge in [0.25, 0.3) is 5.91 Å². The Balaban J connectivity index is 2.68. The number of anilines is 1. The summed E-state index contributed by atoms with van der Waals surface area (Å²) in [6.07, 6.45) is 0. The van der Waals surface area contributed by atoms with E-state index < -0.39 is 5.91 Å². The smallest absolute Gasteiger partial charge is 0.282 e. The van der Waals surface area contributed by atoms with E-state index in [0.717, 1.165) is 5.75 Å². The summed E-state index contributed by atoms with van der Waals surface area (Å²) in [5.74, 6) is 0.254. The molecule has 0 aromatic heterocycles. The first-order valence-corrected chi connectivity index (χ1v) is 5.96. The van der Waals surface area contributed by atoms with Crippen LogP contribution in [-0.2, 0) is 4.79 Å². The number of benzene rings is 1. The Morgan fingerprint density at radius 3 is 2.58 bits per heavy atom. The summed E-state index contributed by atoms with van der Waals surface area (Å²) >= 11 is 0. The first kappa shape index (κ1) is 14.5. The van der Waals surface area contributed by atoms with E-state index in [4.69, 9.17) is 10.00 Å². The van der Waals surface area contributed by atoms with E-state index in [-0.39, 0.29) is 5.71 Å². The van der Waals surface area contributed by atoms with Gasteiger partial charge < -0.3 is 10.1 Å². The summed E-state index contributed by atoms with van der Waals surface area (Å²) in [6, 6.07) is 8.80. The van der Waals surface area contributed by atoms with Crippen molar-refractivity contribution in [3.8, 4) is 11.8 Å². The van der Waals surface area contributed by atoms with Gasteiger partial charge in [-0.15, -0.1) is 0 Å². The van der Waals surface area contributed by atoms with Crippen LogP contribution >= 0.6 is 0 Å². The van der Waals surface area contributed by atoms with Gasteiger partial charge in [-0.2, -0.15) is 10.4 Å². The van der Waals surface area contributed by atoms with Crippen molar-refractivity contribution in [3.63, 3.8) is 0 Å². The molecule has 0 atom stereocenters. The van der Waals surface area contributed by atoms with Crippen LogP contribution in [0, 0.1) is 11.3 Å². The Morgan fingerprint density at radius 1 is 1.37 bits per heavy atom. The maximum absolute atomic E-state index is 11.4. The molecule has 1 amide bonds. The van der Waals surface area contributed by atoms with Gasteiger partial charge in [0, 0.05) is 6.54 Å². The molecule has 19 heavy (non-hydrogen) atoms. The summed E-state index contributed by atoms with van der Waals surface area (Å²) in [4.78, 5) is 11.4. The van der Waals surface area contributed by atoms with E-state index in [2.05, 4.69) is 15.8 Å². The van der Waals surface area contributed by atoms with Gasteiger partial charge in [0.05, 0.1) is 12.3 Å². The number of rotatable bonds is 6. The summed E-state index contributed by atoms with van der Waals surface area (Å²) in [6.45, 7) is 4.72. The second-order valence-electron chi connectivity index (χ2n) is 3.50. The number of nitrogens with one attached hydrogen (secondary N) is 2. The van der Waals surface area contributed by atoms with Gasteiger partial charge in [-0.3, -0.25) is 10.2 Å². The third kappa shape index (κ3) is 4.68. The lowest BCUT2D eigenvalue weighted by Crippen LogP contribution is -2.30. The van der Waals surface area contributed by atoms with Gasteiger partial charge in [0.2, 0.25) is 5.71 Å². The highest BCUT2D eigenvalue weighted by atomic mass is 16.5. The fourth-order valence-electron chi connectivity index (χ4n) is 1.28. The number of hydrogen-bond acceptors (Lipinski definition) is 5. The molecule has 0 aliphatic carbocycles. The largest absolute Gasteiger partial charge is 0.494 e. The Bertz CT molecular complexity index is 488. The maximum atomic E-state index is 11.4. The highest BCUT2D eigenvalue weighted by Crippen LogP contribution is 2.15. The molecule has 6 nitrogen and oxygen atoms in total. The van der Waals surface area contributed by atoms with Crippen molar-refractivity contribution in [3.05, 3.63) is 24.3 Å². The predicted molar refractivity (Wildman–Crippen MR) is 73.0 cm³/mol. The minimum atomic E-state index is -0.497. The molecule has 0 saturated carbocycles. The average Bonchev–Trinajstić information content (AvgIpc) is 2.42. The standard InChI is InChI=1S/C13H16N4O2/c1-3-15-13(18)12(9-14)17-16-10-5-7-11(8-6-10)19-4-2/h5-8,16H,3-4H2,1-2H3,(H,15,18)/b17-12-. The average molecular weight is 260 g/mol. The highest BCUT2D eigenvalue weighted by Gasteiger charge is 2.08. The van der Waals surface area contributed by atoms with Crippen molar-refractivity contribution in [2.75, 3.05) is 18.6 Å². The van der Waals surface area contributed by atoms with Gasteiger partial charge in [-0.1, -0.05) is 0 Å². The van der Waals surface area contributed by atoms with Crippen LogP contribution in [0.25, 0.3) is 0 Å². The number of nitrogens with zero attached hydrogens (tertiary/aromatic N) is 2. The number of hydrogen-bond donors (Lipinski definition) is 2. The van der Waals surface area contributed by atoms with Crippen molar-refractivity contribution in [1.82, 2.24) is 5.32 Å². The molecule has 6 heteroatoms. The van der Waals surface area contributed by atoms with Crippen LogP contribution in [0.1, 0.15) is 13.8 Å². The Labute approximate surface area is 112 Å². The number of carbonyl (C=O) groups is 1. The van der Waals surface area contributed by atoms with Gasteiger partial charge in [-0.05, 0) is 38.1 Å². The SMILES string of the molecule is CCNC(=O)/C(C#N)=N\Nc1ccc(OCC)cc1. The Kier molecular flexibility index (Phi) is 5.89. The zero-order valence-electron chi connectivity index (χ0n) is 10.9. The molecule has 1 aromatic carbocycles. The number of carbonyl (C=O) groups excluding carboxylic acids is 1. The lowest BCUT2D eigenvalue weighted by Gasteiger charge is -2.05. The Hall–Kier alpha value is -2.55. The lowest BCUT2D eigenvalue weighted by atomic mass is 10.3. The third-order valence-corrected chi connectivity index (χ3v) is 2.12. The molecule has 0 bridgehead atoms. The molecule has 0 radical (unpaired) electrons. The van der Waals surface area contributed by atoms with E-state index >= 15 is 0 Å². The second kappa shape index (κ2) is 7.71. The van der Waals surface area contributed by atoms with Gasteiger partial charge in [0.1, 0.15) is 11.8 Å². The van der Waals surface area contributed by atoms with Crippen LogP contribution < -0.4 is 15.5 Å². The number of hydrazone groups is 1. The number of nitriles is 1. The van der Waals surface area contributed by atoms with E-state index in [1.807, 2.05) is 6.92 Å². The first-order valence-electron chi connectivity index (χ1n) is 5.96. The zero-order chi connectivity index (χ0) is 14.1. The summed E-state index contributed by atoms with van der Waals surface area (Å²) < 4.78 is 5.30. The molecular weight excluding hydrogens is 244 g/mol. The molecule has 1 rings (SSSR count). The topological polar surface area (TPSA) is 86.5 Å². The fraction of sp³-hybridized carbons (Fsp3) is 0.308. The Morgan fingerprint density at radius 2 is 2.05 bits per heavy atom. The molecule has 0 saturated heterocycles. The molecule has 0 aliphatic rings. The van der Waals surface area contributed by atoms with Crippen LogP contribution in [0.15, 0.2) is 29.4 Å². The second-order valence-corrected chi connectivity index (χ2v) is 3.50.